The first-order valence-electron chi connectivity index (χ1n) is 8.29. The number of sulfonamides is 1. The molecule has 1 N–H and O–H groups in total. The molecule has 144 valence electrons. The summed E-state index contributed by atoms with van der Waals surface area (Å²) < 4.78 is 39.9. The summed E-state index contributed by atoms with van der Waals surface area (Å²) in [6.45, 7) is 0.399. The number of hydrogen-bond donors (Lipinski definition) is 1. The van der Waals surface area contributed by atoms with Gasteiger partial charge in [0.05, 0.1) is 9.92 Å². The van der Waals surface area contributed by atoms with Crippen molar-refractivity contribution in [2.24, 2.45) is 5.92 Å². The van der Waals surface area contributed by atoms with Gasteiger partial charge in [-0.1, -0.05) is 29.3 Å². The van der Waals surface area contributed by atoms with Crippen molar-refractivity contribution in [3.63, 3.8) is 0 Å². The minimum Gasteiger partial charge on any atom is -0.326 e. The minimum atomic E-state index is -3.78. The van der Waals surface area contributed by atoms with E-state index in [1.54, 1.807) is 24.3 Å². The Balaban J connectivity index is 1.64. The van der Waals surface area contributed by atoms with Crippen molar-refractivity contribution in [1.29, 1.82) is 0 Å². The minimum absolute atomic E-state index is 0.0595. The highest BCUT2D eigenvalue weighted by atomic mass is 35.5. The highest BCUT2D eigenvalue weighted by Gasteiger charge is 2.32. The fraction of sp³-hybridized carbons (Fsp3) is 0.278. The van der Waals surface area contributed by atoms with Crippen LogP contribution in [0, 0.1) is 11.7 Å². The van der Waals surface area contributed by atoms with E-state index in [1.165, 1.54) is 10.4 Å². The number of amides is 1. The van der Waals surface area contributed by atoms with E-state index in [9.17, 15) is 17.6 Å². The van der Waals surface area contributed by atoms with Crippen LogP contribution in [-0.4, -0.2) is 31.7 Å². The van der Waals surface area contributed by atoms with Crippen molar-refractivity contribution in [2.45, 2.75) is 17.7 Å². The van der Waals surface area contributed by atoms with Crippen molar-refractivity contribution < 1.29 is 17.6 Å². The Bertz CT molecular complexity index is 961. The van der Waals surface area contributed by atoms with E-state index in [0.717, 1.165) is 12.1 Å². The number of carbonyl (C=O) groups is 1. The van der Waals surface area contributed by atoms with Crippen LogP contribution >= 0.6 is 23.2 Å². The highest BCUT2D eigenvalue weighted by Crippen LogP contribution is 2.27. The van der Waals surface area contributed by atoms with Gasteiger partial charge >= 0.3 is 0 Å². The maximum absolute atomic E-state index is 13.3. The largest absolute Gasteiger partial charge is 0.326 e. The maximum atomic E-state index is 13.3. The number of carbonyl (C=O) groups excluding carboxylic acids is 1. The third-order valence-electron chi connectivity index (χ3n) is 4.45. The molecule has 1 saturated heterocycles. The predicted molar refractivity (Wildman–Crippen MR) is 103 cm³/mol. The topological polar surface area (TPSA) is 66.5 Å². The second-order valence-corrected chi connectivity index (χ2v) is 9.04. The number of piperidine rings is 1. The summed E-state index contributed by atoms with van der Waals surface area (Å²) in [6.07, 6.45) is 0.779. The summed E-state index contributed by atoms with van der Waals surface area (Å²) in [7, 11) is -3.78. The van der Waals surface area contributed by atoms with E-state index in [1.807, 2.05) is 0 Å². The van der Waals surface area contributed by atoms with Gasteiger partial charge in [-0.3, -0.25) is 4.79 Å². The molecule has 1 heterocycles. The van der Waals surface area contributed by atoms with Crippen molar-refractivity contribution in [3.05, 3.63) is 58.3 Å². The monoisotopic (exact) mass is 430 g/mol. The van der Waals surface area contributed by atoms with Crippen molar-refractivity contribution in [2.75, 3.05) is 18.4 Å². The van der Waals surface area contributed by atoms with Crippen LogP contribution in [0.25, 0.3) is 0 Å². The molecule has 2 aromatic rings. The lowest BCUT2D eigenvalue weighted by atomic mass is 9.97. The molecule has 9 heteroatoms. The first kappa shape index (κ1) is 20.1. The summed E-state index contributed by atoms with van der Waals surface area (Å²) >= 11 is 11.6. The van der Waals surface area contributed by atoms with Crippen LogP contribution in [0.4, 0.5) is 10.1 Å². The molecule has 2 aromatic carbocycles. The summed E-state index contributed by atoms with van der Waals surface area (Å²) in [6, 6.07) is 10.2. The van der Waals surface area contributed by atoms with Crippen molar-refractivity contribution in [1.82, 2.24) is 4.31 Å². The molecule has 0 aromatic heterocycles. The van der Waals surface area contributed by atoms with E-state index < -0.39 is 15.8 Å². The van der Waals surface area contributed by atoms with E-state index in [2.05, 4.69) is 5.32 Å². The predicted octanol–water partition coefficient (Wildman–Crippen LogP) is 4.17. The summed E-state index contributed by atoms with van der Waals surface area (Å²) in [5, 5.41) is 3.08. The molecule has 0 aliphatic carbocycles. The molecule has 27 heavy (non-hydrogen) atoms. The van der Waals surface area contributed by atoms with Gasteiger partial charge in [0.1, 0.15) is 5.82 Å². The average Bonchev–Trinajstić information content (AvgIpc) is 2.64. The first-order valence-corrected chi connectivity index (χ1v) is 10.5. The van der Waals surface area contributed by atoms with Crippen LogP contribution in [-0.2, 0) is 14.8 Å². The molecule has 5 nitrogen and oxygen atoms in total. The van der Waals surface area contributed by atoms with E-state index in [-0.39, 0.29) is 34.8 Å². The molecule has 1 aliphatic rings. The Labute approximate surface area is 167 Å². The molecular weight excluding hydrogens is 414 g/mol. The molecule has 1 fully saturated rings. The Morgan fingerprint density at radius 3 is 2.44 bits per heavy atom. The van der Waals surface area contributed by atoms with Crippen molar-refractivity contribution in [3.8, 4) is 0 Å². The smallest absolute Gasteiger partial charge is 0.243 e. The van der Waals surface area contributed by atoms with Crippen LogP contribution in [0.1, 0.15) is 12.8 Å². The maximum Gasteiger partial charge on any atom is 0.243 e. The number of nitrogens with one attached hydrogen (secondary N) is 1. The summed E-state index contributed by atoms with van der Waals surface area (Å²) in [4.78, 5) is 12.3. The zero-order valence-corrected chi connectivity index (χ0v) is 16.5. The van der Waals surface area contributed by atoms with Gasteiger partial charge in [-0.2, -0.15) is 4.31 Å². The molecule has 1 amide bonds. The first-order chi connectivity index (χ1) is 12.8. The van der Waals surface area contributed by atoms with Crippen LogP contribution in [0.2, 0.25) is 10.0 Å². The van der Waals surface area contributed by atoms with Crippen LogP contribution in [0.5, 0.6) is 0 Å². The summed E-state index contributed by atoms with van der Waals surface area (Å²) in [5.41, 5.74) is 0.600. The third kappa shape index (κ3) is 4.60. The van der Waals surface area contributed by atoms with Gasteiger partial charge in [-0.25, -0.2) is 12.8 Å². The van der Waals surface area contributed by atoms with Crippen LogP contribution in [0.15, 0.2) is 47.4 Å². The van der Waals surface area contributed by atoms with Gasteiger partial charge in [0, 0.05) is 29.7 Å². The molecule has 0 saturated carbocycles. The fourth-order valence-corrected chi connectivity index (χ4v) is 4.89. The second kappa shape index (κ2) is 8.14. The number of anilines is 1. The Hall–Kier alpha value is -1.67. The lowest BCUT2D eigenvalue weighted by Gasteiger charge is -2.30. The average molecular weight is 431 g/mol. The van der Waals surface area contributed by atoms with E-state index in [4.69, 9.17) is 23.2 Å². The molecule has 3 rings (SSSR count). The Kier molecular flexibility index (Phi) is 6.05. The number of benzene rings is 2. The third-order valence-corrected chi connectivity index (χ3v) is 6.87. The zero-order chi connectivity index (χ0) is 19.6. The highest BCUT2D eigenvalue weighted by molar-refractivity contribution is 7.89. The number of rotatable bonds is 4. The van der Waals surface area contributed by atoms with Crippen LogP contribution < -0.4 is 5.32 Å². The quantitative estimate of drug-likeness (QED) is 0.790. The molecular formula is C18H17Cl2FN2O3S. The second-order valence-electron chi connectivity index (χ2n) is 6.25. The van der Waals surface area contributed by atoms with Gasteiger partial charge in [-0.15, -0.1) is 0 Å². The SMILES string of the molecule is O=C(Nc1cccc(Cl)c1)C1CCN(S(=O)(=O)c2ccc(F)c(Cl)c2)CC1. The van der Waals surface area contributed by atoms with Crippen LogP contribution in [0.3, 0.4) is 0 Å². The van der Waals surface area contributed by atoms with Gasteiger partial charge in [0.25, 0.3) is 0 Å². The standard InChI is InChI=1S/C18H17Cl2FN2O3S/c19-13-2-1-3-14(10-13)22-18(24)12-6-8-23(9-7-12)27(25,26)15-4-5-17(21)16(20)11-15/h1-5,10-12H,6-9H2,(H,22,24). The lowest BCUT2D eigenvalue weighted by Crippen LogP contribution is -2.41. The molecule has 0 spiro atoms. The van der Waals surface area contributed by atoms with Gasteiger partial charge in [0.2, 0.25) is 15.9 Å². The lowest BCUT2D eigenvalue weighted by molar-refractivity contribution is -0.120. The van der Waals surface area contributed by atoms with Crippen molar-refractivity contribution >= 4 is 44.8 Å². The zero-order valence-electron chi connectivity index (χ0n) is 14.2. The van der Waals surface area contributed by atoms with Gasteiger partial charge < -0.3 is 5.32 Å². The molecule has 0 radical (unpaired) electrons. The number of hydrogen-bond acceptors (Lipinski definition) is 3. The van der Waals surface area contributed by atoms with Gasteiger partial charge in [0.15, 0.2) is 0 Å². The fourth-order valence-electron chi connectivity index (χ4n) is 2.96. The van der Waals surface area contributed by atoms with E-state index >= 15 is 0 Å². The molecule has 0 bridgehead atoms. The molecule has 1 aliphatic heterocycles. The van der Waals surface area contributed by atoms with Gasteiger partial charge in [-0.05, 0) is 49.2 Å². The number of halogens is 3. The molecule has 0 unspecified atom stereocenters. The summed E-state index contributed by atoms with van der Waals surface area (Å²) in [5.74, 6) is -1.14. The molecule has 0 atom stereocenters. The van der Waals surface area contributed by atoms with E-state index in [0.29, 0.717) is 23.6 Å². The Morgan fingerprint density at radius 1 is 1.11 bits per heavy atom. The normalized spacial score (nSPS) is 16.3. The Morgan fingerprint density at radius 2 is 1.81 bits per heavy atom. The number of nitrogens with zero attached hydrogens (tertiary/aromatic N) is 1.